The Morgan fingerprint density at radius 3 is 2.36 bits per heavy atom. The van der Waals surface area contributed by atoms with Crippen LogP contribution in [-0.4, -0.2) is 28.8 Å². The monoisotopic (exact) mass is 382 g/mol. The summed E-state index contributed by atoms with van der Waals surface area (Å²) in [6, 6.07) is 14.6. The maximum atomic E-state index is 11.8. The van der Waals surface area contributed by atoms with Gasteiger partial charge < -0.3 is 19.9 Å². The third-order valence-electron chi connectivity index (χ3n) is 3.59. The Hall–Kier alpha value is -3.53. The lowest BCUT2D eigenvalue weighted by molar-refractivity contribution is -0.139. The standard InChI is InChI=1S/C21H22N2O5/c1-21(2,3)28-20(26)23-17(19(24)25)12-14-8-10-16(11-9-14)27-18-7-5-4-6-15(18)13-22/h4-11,17H,12H2,1-3H3,(H,23,26)(H,24,25). The van der Waals surface area contributed by atoms with Gasteiger partial charge in [-0.15, -0.1) is 0 Å². The second kappa shape index (κ2) is 8.91. The van der Waals surface area contributed by atoms with Crippen molar-refractivity contribution in [2.45, 2.75) is 38.8 Å². The lowest BCUT2D eigenvalue weighted by Gasteiger charge is -2.22. The minimum Gasteiger partial charge on any atom is -0.480 e. The molecule has 1 atom stereocenters. The number of alkyl carbamates (subject to hydrolysis) is 1. The number of aliphatic carboxylic acids is 1. The molecule has 2 aromatic rings. The van der Waals surface area contributed by atoms with Crippen LogP contribution >= 0.6 is 0 Å². The molecule has 0 spiro atoms. The van der Waals surface area contributed by atoms with Crippen molar-refractivity contribution in [2.75, 3.05) is 0 Å². The van der Waals surface area contributed by atoms with Crippen LogP contribution in [0.25, 0.3) is 0 Å². The van der Waals surface area contributed by atoms with Crippen LogP contribution in [-0.2, 0) is 16.0 Å². The number of carbonyl (C=O) groups is 2. The number of nitriles is 1. The number of carboxylic acids is 1. The summed E-state index contributed by atoms with van der Waals surface area (Å²) in [6.45, 7) is 5.10. The maximum Gasteiger partial charge on any atom is 0.408 e. The zero-order valence-corrected chi connectivity index (χ0v) is 15.9. The molecule has 28 heavy (non-hydrogen) atoms. The Kier molecular flexibility index (Phi) is 6.61. The molecule has 2 rings (SSSR count). The Morgan fingerprint density at radius 1 is 1.14 bits per heavy atom. The molecule has 0 fully saturated rings. The molecular weight excluding hydrogens is 360 g/mol. The van der Waals surface area contributed by atoms with Crippen LogP contribution in [0.3, 0.4) is 0 Å². The molecule has 0 aliphatic heterocycles. The van der Waals surface area contributed by atoms with Crippen LogP contribution in [0.15, 0.2) is 48.5 Å². The van der Waals surface area contributed by atoms with E-state index in [2.05, 4.69) is 11.4 Å². The first-order chi connectivity index (χ1) is 13.2. The summed E-state index contributed by atoms with van der Waals surface area (Å²) < 4.78 is 10.8. The van der Waals surface area contributed by atoms with Gasteiger partial charge in [0.1, 0.15) is 29.2 Å². The zero-order chi connectivity index (χ0) is 20.7. The van der Waals surface area contributed by atoms with Gasteiger partial charge in [-0.3, -0.25) is 0 Å². The fraction of sp³-hybridized carbons (Fsp3) is 0.286. The average Bonchev–Trinajstić information content (AvgIpc) is 2.61. The van der Waals surface area contributed by atoms with E-state index in [-0.39, 0.29) is 6.42 Å². The second-order valence-corrected chi connectivity index (χ2v) is 7.10. The molecule has 0 aliphatic rings. The van der Waals surface area contributed by atoms with Crippen LogP contribution in [0.2, 0.25) is 0 Å². The molecule has 2 N–H and O–H groups in total. The molecule has 0 radical (unpaired) electrons. The van der Waals surface area contributed by atoms with E-state index in [1.807, 2.05) is 0 Å². The molecule has 1 unspecified atom stereocenters. The number of ether oxygens (including phenoxy) is 2. The number of nitrogens with zero attached hydrogens (tertiary/aromatic N) is 1. The van der Waals surface area contributed by atoms with E-state index < -0.39 is 23.7 Å². The Morgan fingerprint density at radius 2 is 1.79 bits per heavy atom. The summed E-state index contributed by atoms with van der Waals surface area (Å²) in [4.78, 5) is 23.3. The predicted molar refractivity (Wildman–Crippen MR) is 102 cm³/mol. The van der Waals surface area contributed by atoms with Gasteiger partial charge in [0.05, 0.1) is 5.56 Å². The smallest absolute Gasteiger partial charge is 0.408 e. The average molecular weight is 382 g/mol. The highest BCUT2D eigenvalue weighted by Crippen LogP contribution is 2.25. The third kappa shape index (κ3) is 6.32. The maximum absolute atomic E-state index is 11.8. The molecule has 0 bridgehead atoms. The highest BCUT2D eigenvalue weighted by molar-refractivity contribution is 5.80. The van der Waals surface area contributed by atoms with Gasteiger partial charge in [0, 0.05) is 6.42 Å². The molecule has 0 heterocycles. The number of benzene rings is 2. The number of amides is 1. The topological polar surface area (TPSA) is 109 Å². The number of rotatable bonds is 6. The Balaban J connectivity index is 2.04. The number of nitrogens with one attached hydrogen (secondary N) is 1. The number of para-hydroxylation sites is 1. The summed E-state index contributed by atoms with van der Waals surface area (Å²) in [6.07, 6.45) is -0.697. The lowest BCUT2D eigenvalue weighted by atomic mass is 10.1. The molecule has 7 heteroatoms. The van der Waals surface area contributed by atoms with Crippen molar-refractivity contribution in [3.8, 4) is 17.6 Å². The quantitative estimate of drug-likeness (QED) is 0.785. The fourth-order valence-corrected chi connectivity index (χ4v) is 2.35. The van der Waals surface area contributed by atoms with Gasteiger partial charge in [-0.2, -0.15) is 5.26 Å². The number of hydrogen-bond acceptors (Lipinski definition) is 5. The van der Waals surface area contributed by atoms with Gasteiger partial charge in [-0.05, 0) is 50.6 Å². The van der Waals surface area contributed by atoms with E-state index in [0.29, 0.717) is 22.6 Å². The molecule has 0 aliphatic carbocycles. The van der Waals surface area contributed by atoms with Gasteiger partial charge >= 0.3 is 12.1 Å². The summed E-state index contributed by atoms with van der Waals surface area (Å²) in [7, 11) is 0. The molecule has 2 aromatic carbocycles. The second-order valence-electron chi connectivity index (χ2n) is 7.10. The van der Waals surface area contributed by atoms with Crippen molar-refractivity contribution in [2.24, 2.45) is 0 Å². The van der Waals surface area contributed by atoms with Crippen LogP contribution in [0.4, 0.5) is 4.79 Å². The number of carboxylic acid groups (broad SMARTS) is 1. The van der Waals surface area contributed by atoms with Crippen molar-refractivity contribution < 1.29 is 24.2 Å². The van der Waals surface area contributed by atoms with Gasteiger partial charge in [-0.1, -0.05) is 24.3 Å². The Labute approximate surface area is 163 Å². The van der Waals surface area contributed by atoms with Gasteiger partial charge in [0.25, 0.3) is 0 Å². The van der Waals surface area contributed by atoms with Crippen LogP contribution < -0.4 is 10.1 Å². The fourth-order valence-electron chi connectivity index (χ4n) is 2.35. The molecule has 146 valence electrons. The SMILES string of the molecule is CC(C)(C)OC(=O)NC(Cc1ccc(Oc2ccccc2C#N)cc1)C(=O)O. The summed E-state index contributed by atoms with van der Waals surface area (Å²) in [5.74, 6) is -0.208. The highest BCUT2D eigenvalue weighted by atomic mass is 16.6. The lowest BCUT2D eigenvalue weighted by Crippen LogP contribution is -2.44. The van der Waals surface area contributed by atoms with Crippen molar-refractivity contribution >= 4 is 12.1 Å². The summed E-state index contributed by atoms with van der Waals surface area (Å²) >= 11 is 0. The van der Waals surface area contributed by atoms with Crippen molar-refractivity contribution in [3.63, 3.8) is 0 Å². The molecule has 0 aromatic heterocycles. The first kappa shape index (κ1) is 20.8. The van der Waals surface area contributed by atoms with E-state index in [0.717, 1.165) is 0 Å². The largest absolute Gasteiger partial charge is 0.480 e. The minimum atomic E-state index is -1.16. The van der Waals surface area contributed by atoms with E-state index in [1.165, 1.54) is 0 Å². The summed E-state index contributed by atoms with van der Waals surface area (Å²) in [5.41, 5.74) is 0.398. The van der Waals surface area contributed by atoms with Crippen molar-refractivity contribution in [1.82, 2.24) is 5.32 Å². The van der Waals surface area contributed by atoms with E-state index >= 15 is 0 Å². The number of carbonyl (C=O) groups excluding carboxylic acids is 1. The third-order valence-corrected chi connectivity index (χ3v) is 3.59. The zero-order valence-electron chi connectivity index (χ0n) is 15.9. The van der Waals surface area contributed by atoms with Crippen molar-refractivity contribution in [1.29, 1.82) is 5.26 Å². The van der Waals surface area contributed by atoms with Gasteiger partial charge in [0.2, 0.25) is 0 Å². The molecular formula is C21H22N2O5. The summed E-state index contributed by atoms with van der Waals surface area (Å²) in [5, 5.41) is 20.8. The van der Waals surface area contributed by atoms with Crippen molar-refractivity contribution in [3.05, 3.63) is 59.7 Å². The number of hydrogen-bond donors (Lipinski definition) is 2. The van der Waals surface area contributed by atoms with E-state index in [4.69, 9.17) is 14.7 Å². The normalized spacial score (nSPS) is 11.8. The van der Waals surface area contributed by atoms with Crippen LogP contribution in [0.1, 0.15) is 31.9 Å². The first-order valence-electron chi connectivity index (χ1n) is 8.66. The van der Waals surface area contributed by atoms with E-state index in [1.54, 1.807) is 69.3 Å². The van der Waals surface area contributed by atoms with E-state index in [9.17, 15) is 14.7 Å². The predicted octanol–water partition coefficient (Wildman–Crippen LogP) is 3.87. The minimum absolute atomic E-state index is 0.0869. The molecule has 0 saturated heterocycles. The highest BCUT2D eigenvalue weighted by Gasteiger charge is 2.24. The van der Waals surface area contributed by atoms with Crippen LogP contribution in [0.5, 0.6) is 11.5 Å². The van der Waals surface area contributed by atoms with Gasteiger partial charge in [-0.25, -0.2) is 9.59 Å². The molecule has 1 amide bonds. The molecule has 7 nitrogen and oxygen atoms in total. The molecule has 0 saturated carbocycles. The van der Waals surface area contributed by atoms with Gasteiger partial charge in [0.15, 0.2) is 0 Å². The van der Waals surface area contributed by atoms with Crippen LogP contribution in [0, 0.1) is 11.3 Å². The Bertz CT molecular complexity index is 879. The first-order valence-corrected chi connectivity index (χ1v) is 8.66.